The number of rotatable bonds is 17. The van der Waals surface area contributed by atoms with E-state index in [1.165, 1.54) is 0 Å². The Morgan fingerprint density at radius 3 is 0.750 bits per heavy atom. The van der Waals surface area contributed by atoms with Gasteiger partial charge in [0.25, 0.3) is 0 Å². The molecule has 0 bridgehead atoms. The van der Waals surface area contributed by atoms with Crippen molar-refractivity contribution in [3.05, 3.63) is 0 Å². The lowest BCUT2D eigenvalue weighted by Gasteiger charge is -2.27. The molecule has 0 aromatic carbocycles. The van der Waals surface area contributed by atoms with Gasteiger partial charge in [-0.05, 0) is 12.8 Å². The highest BCUT2D eigenvalue weighted by molar-refractivity contribution is 4.77. The van der Waals surface area contributed by atoms with E-state index in [-0.39, 0.29) is 39.6 Å². The summed E-state index contributed by atoms with van der Waals surface area (Å²) in [6, 6.07) is 0. The van der Waals surface area contributed by atoms with E-state index < -0.39 is 10.8 Å². The summed E-state index contributed by atoms with van der Waals surface area (Å²) in [4.78, 5) is 0. The second-order valence-electron chi connectivity index (χ2n) is 7.28. The summed E-state index contributed by atoms with van der Waals surface area (Å²) in [5.74, 6) is 0. The minimum absolute atomic E-state index is 0.184. The molecule has 0 radical (unpaired) electrons. The van der Waals surface area contributed by atoms with Crippen molar-refractivity contribution in [1.82, 2.24) is 0 Å². The Kier molecular flexibility index (Phi) is 13.8. The SMILES string of the molecule is OCC(CO)(CO)CCCCCCCCCCC(CO)(CO)CO. The topological polar surface area (TPSA) is 121 Å². The van der Waals surface area contributed by atoms with Crippen LogP contribution in [0.5, 0.6) is 0 Å². The van der Waals surface area contributed by atoms with Gasteiger partial charge in [-0.25, -0.2) is 0 Å². The van der Waals surface area contributed by atoms with E-state index in [4.69, 9.17) is 0 Å². The minimum Gasteiger partial charge on any atom is -0.396 e. The highest BCUT2D eigenvalue weighted by atomic mass is 16.3. The first kappa shape index (κ1) is 23.8. The van der Waals surface area contributed by atoms with Crippen LogP contribution in [0.25, 0.3) is 0 Å². The summed E-state index contributed by atoms with van der Waals surface area (Å²) in [5.41, 5.74) is -1.47. The average molecular weight is 350 g/mol. The van der Waals surface area contributed by atoms with Gasteiger partial charge in [-0.2, -0.15) is 0 Å². The van der Waals surface area contributed by atoms with Crippen LogP contribution in [0.2, 0.25) is 0 Å². The van der Waals surface area contributed by atoms with Crippen LogP contribution in [-0.4, -0.2) is 70.3 Å². The van der Waals surface area contributed by atoms with Crippen LogP contribution in [-0.2, 0) is 0 Å². The first-order valence-electron chi connectivity index (χ1n) is 9.23. The van der Waals surface area contributed by atoms with Gasteiger partial charge in [0.15, 0.2) is 0 Å². The molecular weight excluding hydrogens is 312 g/mol. The van der Waals surface area contributed by atoms with Crippen LogP contribution in [0.3, 0.4) is 0 Å². The monoisotopic (exact) mass is 350 g/mol. The molecule has 0 atom stereocenters. The molecular formula is C18H38O6. The normalized spacial score (nSPS) is 12.8. The molecule has 0 saturated heterocycles. The first-order chi connectivity index (χ1) is 11.6. The highest BCUT2D eigenvalue weighted by Gasteiger charge is 2.27. The van der Waals surface area contributed by atoms with Gasteiger partial charge in [0.05, 0.1) is 39.6 Å². The van der Waals surface area contributed by atoms with Crippen molar-refractivity contribution in [2.24, 2.45) is 10.8 Å². The molecule has 24 heavy (non-hydrogen) atoms. The third-order valence-corrected chi connectivity index (χ3v) is 5.18. The molecule has 0 heterocycles. The zero-order valence-electron chi connectivity index (χ0n) is 15.0. The van der Waals surface area contributed by atoms with E-state index in [0.29, 0.717) is 12.8 Å². The number of hydrogen-bond acceptors (Lipinski definition) is 6. The molecule has 0 aliphatic carbocycles. The zero-order valence-corrected chi connectivity index (χ0v) is 15.0. The van der Waals surface area contributed by atoms with E-state index >= 15 is 0 Å². The van der Waals surface area contributed by atoms with Crippen LogP contribution in [0.15, 0.2) is 0 Å². The largest absolute Gasteiger partial charge is 0.396 e. The third-order valence-electron chi connectivity index (χ3n) is 5.18. The Labute approximate surface area is 146 Å². The van der Waals surface area contributed by atoms with Gasteiger partial charge in [-0.3, -0.25) is 0 Å². The Morgan fingerprint density at radius 1 is 0.333 bits per heavy atom. The van der Waals surface area contributed by atoms with Crippen molar-refractivity contribution in [2.45, 2.75) is 64.2 Å². The molecule has 0 saturated carbocycles. The lowest BCUT2D eigenvalue weighted by Crippen LogP contribution is -2.33. The molecule has 0 spiro atoms. The van der Waals surface area contributed by atoms with Crippen molar-refractivity contribution in [3.63, 3.8) is 0 Å². The maximum Gasteiger partial charge on any atom is 0.0531 e. The van der Waals surface area contributed by atoms with E-state index in [1.807, 2.05) is 0 Å². The van der Waals surface area contributed by atoms with Gasteiger partial charge < -0.3 is 30.6 Å². The maximum absolute atomic E-state index is 9.24. The molecule has 6 nitrogen and oxygen atoms in total. The summed E-state index contributed by atoms with van der Waals surface area (Å²) >= 11 is 0. The van der Waals surface area contributed by atoms with Crippen molar-refractivity contribution in [2.75, 3.05) is 39.6 Å². The summed E-state index contributed by atoms with van der Waals surface area (Å²) in [6.07, 6.45) is 9.61. The quantitative estimate of drug-likeness (QED) is 0.216. The smallest absolute Gasteiger partial charge is 0.0531 e. The molecule has 0 unspecified atom stereocenters. The molecule has 0 fully saturated rings. The van der Waals surface area contributed by atoms with E-state index in [9.17, 15) is 30.6 Å². The van der Waals surface area contributed by atoms with Crippen molar-refractivity contribution in [3.8, 4) is 0 Å². The van der Waals surface area contributed by atoms with Gasteiger partial charge in [0.1, 0.15) is 0 Å². The maximum atomic E-state index is 9.24. The lowest BCUT2D eigenvalue weighted by atomic mass is 9.84. The third kappa shape index (κ3) is 8.74. The standard InChI is InChI=1S/C18H38O6/c19-11-17(12-20,13-21)9-7-5-3-1-2-4-6-8-10-18(14-22,15-23)16-24/h19-24H,1-16H2. The fourth-order valence-electron chi connectivity index (χ4n) is 2.84. The van der Waals surface area contributed by atoms with Gasteiger partial charge in [-0.1, -0.05) is 51.4 Å². The molecule has 0 aliphatic heterocycles. The Hall–Kier alpha value is -0.240. The average Bonchev–Trinajstić information content (AvgIpc) is 2.64. The van der Waals surface area contributed by atoms with Crippen LogP contribution in [0.4, 0.5) is 0 Å². The lowest BCUT2D eigenvalue weighted by molar-refractivity contribution is -0.00271. The first-order valence-corrected chi connectivity index (χ1v) is 9.23. The molecule has 0 aliphatic rings. The van der Waals surface area contributed by atoms with E-state index in [1.54, 1.807) is 0 Å². The molecule has 0 amide bonds. The second-order valence-corrected chi connectivity index (χ2v) is 7.28. The summed E-state index contributed by atoms with van der Waals surface area (Å²) < 4.78 is 0. The van der Waals surface area contributed by atoms with Gasteiger partial charge in [0.2, 0.25) is 0 Å². The number of hydrogen-bond donors (Lipinski definition) is 6. The van der Waals surface area contributed by atoms with Crippen molar-refractivity contribution >= 4 is 0 Å². The summed E-state index contributed by atoms with van der Waals surface area (Å²) in [6.45, 7) is -1.10. The van der Waals surface area contributed by atoms with Crippen LogP contribution in [0.1, 0.15) is 64.2 Å². The van der Waals surface area contributed by atoms with Crippen molar-refractivity contribution in [1.29, 1.82) is 0 Å². The van der Waals surface area contributed by atoms with Gasteiger partial charge in [0, 0.05) is 10.8 Å². The fourth-order valence-corrected chi connectivity index (χ4v) is 2.84. The molecule has 0 rings (SSSR count). The fraction of sp³-hybridized carbons (Fsp3) is 1.00. The predicted octanol–water partition coefficient (Wildman–Crippen LogP) is 0.814. The van der Waals surface area contributed by atoms with Gasteiger partial charge in [-0.15, -0.1) is 0 Å². The molecule has 0 aromatic rings. The van der Waals surface area contributed by atoms with Crippen LogP contribution in [0, 0.1) is 10.8 Å². The Morgan fingerprint density at radius 2 is 0.542 bits per heavy atom. The second kappa shape index (κ2) is 14.0. The molecule has 6 N–H and O–H groups in total. The van der Waals surface area contributed by atoms with E-state index in [0.717, 1.165) is 51.4 Å². The van der Waals surface area contributed by atoms with Crippen molar-refractivity contribution < 1.29 is 30.6 Å². The molecule has 0 aromatic heterocycles. The van der Waals surface area contributed by atoms with Crippen LogP contribution < -0.4 is 0 Å². The van der Waals surface area contributed by atoms with Gasteiger partial charge >= 0.3 is 0 Å². The number of aliphatic hydroxyl groups excluding tert-OH is 6. The molecule has 6 heteroatoms. The Bertz CT molecular complexity index is 232. The number of aliphatic hydroxyl groups is 6. The van der Waals surface area contributed by atoms with Crippen LogP contribution >= 0.6 is 0 Å². The summed E-state index contributed by atoms with van der Waals surface area (Å²) in [5, 5.41) is 55.5. The summed E-state index contributed by atoms with van der Waals surface area (Å²) in [7, 11) is 0. The Balaban J connectivity index is 3.58. The highest BCUT2D eigenvalue weighted by Crippen LogP contribution is 2.25. The predicted molar refractivity (Wildman–Crippen MR) is 93.6 cm³/mol. The molecule has 146 valence electrons. The minimum atomic E-state index is -0.737. The van der Waals surface area contributed by atoms with E-state index in [2.05, 4.69) is 0 Å². The number of unbranched alkanes of at least 4 members (excludes halogenated alkanes) is 7. The zero-order chi connectivity index (χ0) is 18.3.